The van der Waals surface area contributed by atoms with E-state index in [1.807, 2.05) is 0 Å². The van der Waals surface area contributed by atoms with Gasteiger partial charge in [-0.2, -0.15) is 0 Å². The zero-order valence-corrected chi connectivity index (χ0v) is 8.22. The number of hydrogen-bond acceptors (Lipinski definition) is 3. The second-order valence-corrected chi connectivity index (χ2v) is 5.93. The first-order valence-electron chi connectivity index (χ1n) is 4.36. The lowest BCUT2D eigenvalue weighted by Gasteiger charge is -2.22. The largest absolute Gasteiger partial charge is 0.480 e. The van der Waals surface area contributed by atoms with Crippen LogP contribution in [-0.2, 0) is 9.36 Å². The van der Waals surface area contributed by atoms with Crippen molar-refractivity contribution in [3.05, 3.63) is 0 Å². The molecule has 4 atom stereocenters. The maximum absolute atomic E-state index is 11.0. The Hall–Kier alpha value is -0.420. The van der Waals surface area contributed by atoms with E-state index in [2.05, 4.69) is 0 Å². The molecule has 7 heteroatoms. The van der Waals surface area contributed by atoms with Gasteiger partial charge in [-0.25, -0.2) is 0 Å². The Bertz CT molecular complexity index is 339. The predicted molar refractivity (Wildman–Crippen MR) is 46.6 cm³/mol. The number of nitrogens with two attached hydrogens (primary N) is 1. The first-order valence-corrected chi connectivity index (χ1v) is 6.04. The Morgan fingerprint density at radius 3 is 2.43 bits per heavy atom. The van der Waals surface area contributed by atoms with Crippen molar-refractivity contribution in [1.29, 1.82) is 0 Å². The van der Waals surface area contributed by atoms with Gasteiger partial charge in [0.15, 0.2) is 0 Å². The minimum atomic E-state index is -4.17. The summed E-state index contributed by atoms with van der Waals surface area (Å²) in [6.45, 7) is 0. The van der Waals surface area contributed by atoms with Gasteiger partial charge in [0.1, 0.15) is 5.54 Å². The van der Waals surface area contributed by atoms with Crippen molar-refractivity contribution in [2.24, 2.45) is 17.6 Å². The van der Waals surface area contributed by atoms with Crippen LogP contribution in [0, 0.1) is 11.8 Å². The Labute approximate surface area is 80.3 Å². The van der Waals surface area contributed by atoms with Crippen molar-refractivity contribution in [3.63, 3.8) is 0 Å². The Kier molecular flexibility index (Phi) is 1.86. The molecule has 6 nitrogen and oxygen atoms in total. The molecule has 0 aliphatic heterocycles. The summed E-state index contributed by atoms with van der Waals surface area (Å²) in [6.07, 6.45) is 0.817. The number of hydrogen-bond donors (Lipinski definition) is 4. The summed E-state index contributed by atoms with van der Waals surface area (Å²) in [5.41, 5.74) is 3.39. The van der Waals surface area contributed by atoms with E-state index < -0.39 is 30.7 Å². The normalized spacial score (nSPS) is 46.1. The maximum atomic E-state index is 11.0. The van der Waals surface area contributed by atoms with Gasteiger partial charge in [0, 0.05) is 5.92 Å². The van der Waals surface area contributed by atoms with E-state index in [0.717, 1.165) is 0 Å². The minimum absolute atomic E-state index is 0.197. The minimum Gasteiger partial charge on any atom is -0.480 e. The van der Waals surface area contributed by atoms with Crippen molar-refractivity contribution < 1.29 is 24.3 Å². The highest BCUT2D eigenvalue weighted by Crippen LogP contribution is 2.70. The summed E-state index contributed by atoms with van der Waals surface area (Å²) in [6, 6.07) is 0. The predicted octanol–water partition coefficient (Wildman–Crippen LogP) is -0.645. The second-order valence-electron chi connectivity index (χ2n) is 4.15. The van der Waals surface area contributed by atoms with Gasteiger partial charge in [0.2, 0.25) is 0 Å². The molecule has 0 heterocycles. The molecule has 0 aromatic heterocycles. The zero-order chi connectivity index (χ0) is 10.7. The van der Waals surface area contributed by atoms with Gasteiger partial charge in [0.25, 0.3) is 0 Å². The smallest absolute Gasteiger partial charge is 0.329 e. The molecule has 0 amide bonds. The lowest BCUT2D eigenvalue weighted by molar-refractivity contribution is -0.143. The third-order valence-corrected chi connectivity index (χ3v) is 4.88. The van der Waals surface area contributed by atoms with E-state index in [-0.39, 0.29) is 5.92 Å². The molecule has 4 unspecified atom stereocenters. The number of carboxylic acids is 1. The van der Waals surface area contributed by atoms with Crippen molar-refractivity contribution in [2.45, 2.75) is 24.0 Å². The van der Waals surface area contributed by atoms with Crippen LogP contribution >= 0.6 is 7.60 Å². The number of fused-ring (bicyclic) bond motifs is 1. The molecule has 14 heavy (non-hydrogen) atoms. The monoisotopic (exact) mass is 221 g/mol. The van der Waals surface area contributed by atoms with Crippen LogP contribution in [-0.4, -0.2) is 32.1 Å². The van der Waals surface area contributed by atoms with Crippen LogP contribution in [0.5, 0.6) is 0 Å². The number of carbonyl (C=O) groups is 1. The number of rotatable bonds is 2. The van der Waals surface area contributed by atoms with Gasteiger partial charge in [-0.15, -0.1) is 0 Å². The van der Waals surface area contributed by atoms with Crippen molar-refractivity contribution in [2.75, 3.05) is 0 Å². The lowest BCUT2D eigenvalue weighted by atomic mass is 9.95. The van der Waals surface area contributed by atoms with Crippen molar-refractivity contribution in [3.8, 4) is 0 Å². The molecule has 0 bridgehead atoms. The molecule has 2 rings (SSSR count). The lowest BCUT2D eigenvalue weighted by Crippen LogP contribution is -2.49. The molecular formula is C7H12NO5P. The Balaban J connectivity index is 2.23. The summed E-state index contributed by atoms with van der Waals surface area (Å²) in [4.78, 5) is 28.7. The molecule has 2 aliphatic carbocycles. The highest BCUT2D eigenvalue weighted by molar-refractivity contribution is 7.53. The van der Waals surface area contributed by atoms with E-state index in [9.17, 15) is 9.36 Å². The first-order chi connectivity index (χ1) is 6.28. The molecule has 0 radical (unpaired) electrons. The zero-order valence-electron chi connectivity index (χ0n) is 7.33. The summed E-state index contributed by atoms with van der Waals surface area (Å²) >= 11 is 0. The molecule has 5 N–H and O–H groups in total. The Morgan fingerprint density at radius 2 is 2.07 bits per heavy atom. The van der Waals surface area contributed by atoms with Crippen molar-refractivity contribution in [1.82, 2.24) is 0 Å². The summed E-state index contributed by atoms with van der Waals surface area (Å²) in [7, 11) is -4.17. The van der Waals surface area contributed by atoms with Crippen LogP contribution in [0.2, 0.25) is 0 Å². The van der Waals surface area contributed by atoms with Gasteiger partial charge in [-0.05, 0) is 18.8 Å². The van der Waals surface area contributed by atoms with Crippen LogP contribution in [0.25, 0.3) is 0 Å². The molecule has 2 aliphatic rings. The van der Waals surface area contributed by atoms with Crippen LogP contribution in [0.15, 0.2) is 0 Å². The molecule has 2 fully saturated rings. The van der Waals surface area contributed by atoms with E-state index in [1.165, 1.54) is 0 Å². The molecule has 0 aromatic rings. The van der Waals surface area contributed by atoms with Gasteiger partial charge in [-0.1, -0.05) is 0 Å². The van der Waals surface area contributed by atoms with E-state index in [1.54, 1.807) is 0 Å². The summed E-state index contributed by atoms with van der Waals surface area (Å²) in [5, 5.41) is 8.88. The average Bonchev–Trinajstić information content (AvgIpc) is 2.66. The highest BCUT2D eigenvalue weighted by Gasteiger charge is 2.72. The summed E-state index contributed by atoms with van der Waals surface area (Å²) in [5.74, 6) is -1.89. The van der Waals surface area contributed by atoms with Gasteiger partial charge in [-0.3, -0.25) is 9.36 Å². The molecule has 0 aromatic carbocycles. The molecule has 0 spiro atoms. The second kappa shape index (κ2) is 2.58. The fourth-order valence-electron chi connectivity index (χ4n) is 2.67. The average molecular weight is 221 g/mol. The van der Waals surface area contributed by atoms with E-state index in [4.69, 9.17) is 20.6 Å². The topological polar surface area (TPSA) is 121 Å². The highest BCUT2D eigenvalue weighted by atomic mass is 31.2. The van der Waals surface area contributed by atoms with Crippen LogP contribution < -0.4 is 5.73 Å². The third kappa shape index (κ3) is 1.15. The van der Waals surface area contributed by atoms with Crippen LogP contribution in [0.1, 0.15) is 12.8 Å². The number of aliphatic carboxylic acids is 1. The Morgan fingerprint density at radius 1 is 1.50 bits per heavy atom. The summed E-state index contributed by atoms with van der Waals surface area (Å²) < 4.78 is 11.0. The third-order valence-electron chi connectivity index (χ3n) is 3.40. The maximum Gasteiger partial charge on any atom is 0.329 e. The fourth-order valence-corrected chi connectivity index (χ4v) is 4.31. The molecule has 2 saturated carbocycles. The standard InChI is InChI=1S/C7H12NO5P/c8-7(6(9)10)2-1-3-4(7)5(3)14(11,12)13/h3-5H,1-2,8H2,(H,9,10)(H2,11,12,13). The first kappa shape index (κ1) is 10.1. The number of carboxylic acid groups (broad SMARTS) is 1. The van der Waals surface area contributed by atoms with E-state index in [0.29, 0.717) is 12.8 Å². The van der Waals surface area contributed by atoms with Crippen LogP contribution in [0.3, 0.4) is 0 Å². The van der Waals surface area contributed by atoms with Crippen molar-refractivity contribution >= 4 is 13.6 Å². The fraction of sp³-hybridized carbons (Fsp3) is 0.857. The van der Waals surface area contributed by atoms with Gasteiger partial charge in [0.05, 0.1) is 5.66 Å². The SMILES string of the molecule is NC1(C(=O)O)CCC2C1C2P(=O)(O)O. The molecular weight excluding hydrogens is 209 g/mol. The molecule has 0 saturated heterocycles. The van der Waals surface area contributed by atoms with Gasteiger partial charge < -0.3 is 20.6 Å². The van der Waals surface area contributed by atoms with Crippen LogP contribution in [0.4, 0.5) is 0 Å². The quantitative estimate of drug-likeness (QED) is 0.460. The van der Waals surface area contributed by atoms with Gasteiger partial charge >= 0.3 is 13.6 Å². The molecule has 80 valence electrons. The van der Waals surface area contributed by atoms with E-state index >= 15 is 0 Å².